The van der Waals surface area contributed by atoms with Gasteiger partial charge >= 0.3 is 11.9 Å². The van der Waals surface area contributed by atoms with Crippen LogP contribution in [0.4, 0.5) is 0 Å². The molecule has 1 fully saturated rings. The van der Waals surface area contributed by atoms with Gasteiger partial charge in [0.1, 0.15) is 12.2 Å². The fraction of sp³-hybridized carbons (Fsp3) is 0.680. The second-order valence-electron chi connectivity index (χ2n) is 9.83. The molecular weight excluding hydrogens is 380 g/mol. The van der Waals surface area contributed by atoms with E-state index in [0.29, 0.717) is 18.8 Å². The number of ether oxygens (including phenoxy) is 2. The maximum absolute atomic E-state index is 12.8. The minimum atomic E-state index is -0.630. The van der Waals surface area contributed by atoms with Crippen LogP contribution in [0.25, 0.3) is 0 Å². The number of carbonyl (C=O) groups excluding carboxylic acids is 2. The maximum Gasteiger partial charge on any atom is 0.311 e. The van der Waals surface area contributed by atoms with E-state index in [2.05, 4.69) is 38.2 Å². The average Bonchev–Trinajstić information content (AvgIpc) is 2.66. The van der Waals surface area contributed by atoms with Crippen molar-refractivity contribution < 1.29 is 24.2 Å². The lowest BCUT2D eigenvalue weighted by Crippen LogP contribution is -2.39. The van der Waals surface area contributed by atoms with Gasteiger partial charge in [-0.25, -0.2) is 0 Å². The van der Waals surface area contributed by atoms with Gasteiger partial charge in [-0.05, 0) is 44.1 Å². The van der Waals surface area contributed by atoms with Crippen LogP contribution in [0.1, 0.15) is 66.7 Å². The summed E-state index contributed by atoms with van der Waals surface area (Å²) in [4.78, 5) is 24.5. The highest BCUT2D eigenvalue weighted by Crippen LogP contribution is 2.43. The van der Waals surface area contributed by atoms with Crippen molar-refractivity contribution in [3.05, 3.63) is 35.5 Å². The van der Waals surface area contributed by atoms with Gasteiger partial charge in [0, 0.05) is 18.8 Å². The van der Waals surface area contributed by atoms with Crippen LogP contribution in [0.3, 0.4) is 0 Å². The smallest absolute Gasteiger partial charge is 0.311 e. The summed E-state index contributed by atoms with van der Waals surface area (Å²) in [6.45, 7) is 10.2. The molecule has 3 rings (SSSR count). The lowest BCUT2D eigenvalue weighted by Gasteiger charge is -2.40. The summed E-state index contributed by atoms with van der Waals surface area (Å²) in [5.74, 6) is 0.100. The summed E-state index contributed by atoms with van der Waals surface area (Å²) >= 11 is 0. The molecule has 3 aliphatic rings. The van der Waals surface area contributed by atoms with E-state index in [1.807, 2.05) is 20.8 Å². The highest BCUT2D eigenvalue weighted by molar-refractivity contribution is 5.76. The molecule has 1 aliphatic heterocycles. The normalized spacial score (nSPS) is 35.5. The number of hydrogen-bond donors (Lipinski definition) is 1. The zero-order valence-corrected chi connectivity index (χ0v) is 18.9. The van der Waals surface area contributed by atoms with Crippen LogP contribution in [0, 0.1) is 23.2 Å². The van der Waals surface area contributed by atoms with E-state index in [1.54, 1.807) is 0 Å². The van der Waals surface area contributed by atoms with Gasteiger partial charge in [0.05, 0.1) is 17.9 Å². The zero-order chi connectivity index (χ0) is 22.1. The summed E-state index contributed by atoms with van der Waals surface area (Å²) in [5.41, 5.74) is 1.90. The van der Waals surface area contributed by atoms with Crippen LogP contribution < -0.4 is 0 Å². The molecular formula is C25H36O5. The van der Waals surface area contributed by atoms with Crippen molar-refractivity contribution in [2.45, 2.75) is 85.0 Å². The van der Waals surface area contributed by atoms with Crippen LogP contribution in [-0.4, -0.2) is 35.4 Å². The minimum absolute atomic E-state index is 0.0296. The maximum atomic E-state index is 12.8. The van der Waals surface area contributed by atoms with E-state index in [9.17, 15) is 14.7 Å². The molecule has 0 saturated carbocycles. The number of cyclic esters (lactones) is 1. The molecule has 0 aromatic rings. The van der Waals surface area contributed by atoms with Gasteiger partial charge in [-0.15, -0.1) is 0 Å². The van der Waals surface area contributed by atoms with Crippen molar-refractivity contribution in [1.82, 2.24) is 0 Å². The lowest BCUT2D eigenvalue weighted by molar-refractivity contribution is -0.163. The van der Waals surface area contributed by atoms with Gasteiger partial charge in [0.15, 0.2) is 0 Å². The lowest BCUT2D eigenvalue weighted by atomic mass is 9.69. The molecule has 1 saturated heterocycles. The van der Waals surface area contributed by atoms with Gasteiger partial charge in [-0.3, -0.25) is 9.59 Å². The predicted octanol–water partition coefficient (Wildman–Crippen LogP) is 4.51. The Labute approximate surface area is 180 Å². The zero-order valence-electron chi connectivity index (χ0n) is 18.9. The Kier molecular flexibility index (Phi) is 6.91. The highest BCUT2D eigenvalue weighted by Gasteiger charge is 2.40. The second kappa shape index (κ2) is 9.09. The first kappa shape index (κ1) is 22.8. The Bertz CT molecular complexity index is 760. The van der Waals surface area contributed by atoms with Crippen molar-refractivity contribution in [3.63, 3.8) is 0 Å². The summed E-state index contributed by atoms with van der Waals surface area (Å²) in [5, 5.41) is 9.90. The number of aliphatic hydroxyl groups is 1. The van der Waals surface area contributed by atoms with Crippen molar-refractivity contribution >= 4 is 11.9 Å². The molecule has 0 radical (unpaired) electrons. The number of hydrogen-bond acceptors (Lipinski definition) is 5. The van der Waals surface area contributed by atoms with E-state index < -0.39 is 11.5 Å². The van der Waals surface area contributed by atoms with Crippen molar-refractivity contribution in [2.75, 3.05) is 0 Å². The van der Waals surface area contributed by atoms with Crippen LogP contribution in [-0.2, 0) is 19.1 Å². The Balaban J connectivity index is 1.84. The first-order valence-electron chi connectivity index (χ1n) is 11.3. The summed E-state index contributed by atoms with van der Waals surface area (Å²) in [7, 11) is 0. The van der Waals surface area contributed by atoms with Crippen molar-refractivity contribution in [2.24, 2.45) is 23.2 Å². The number of rotatable bonds is 5. The third-order valence-corrected chi connectivity index (χ3v) is 6.82. The largest absolute Gasteiger partial charge is 0.462 e. The molecule has 0 spiro atoms. The SMILES string of the molecule is CCC(C)(C)C(=O)O[C@H]1C[C@@H](C)C=C2C=C[C@H](C)/C(=C\C[C@@H]3C[C@@H](O)CC(=O)O3)[C@H]21. The molecule has 0 unspecified atom stereocenters. The summed E-state index contributed by atoms with van der Waals surface area (Å²) < 4.78 is 11.5. The van der Waals surface area contributed by atoms with E-state index in [-0.39, 0.29) is 42.4 Å². The molecule has 5 nitrogen and oxygen atoms in total. The average molecular weight is 417 g/mol. The number of esters is 2. The monoisotopic (exact) mass is 416 g/mol. The van der Waals surface area contributed by atoms with Gasteiger partial charge in [-0.1, -0.05) is 50.6 Å². The van der Waals surface area contributed by atoms with Crippen LogP contribution in [0.2, 0.25) is 0 Å². The molecule has 0 aromatic heterocycles. The van der Waals surface area contributed by atoms with E-state index in [1.165, 1.54) is 11.1 Å². The molecule has 2 aliphatic carbocycles. The summed E-state index contributed by atoms with van der Waals surface area (Å²) in [6.07, 6.45) is 10.3. The Morgan fingerprint density at radius 3 is 2.73 bits per heavy atom. The topological polar surface area (TPSA) is 72.8 Å². The standard InChI is InChI=1S/C25H36O5/c1-6-25(4,5)24(28)30-21-12-15(2)11-17-8-7-16(3)20(23(17)21)10-9-19-13-18(26)14-22(27)29-19/h7-8,10-11,15-16,18-19,21,23,26H,6,9,12-14H2,1-5H3/b20-10+/t15-,16-,18+,19+,21-,23-/m0/s1. The number of carbonyl (C=O) groups is 2. The molecule has 0 bridgehead atoms. The number of fused-ring (bicyclic) bond motifs is 1. The Hall–Kier alpha value is -1.88. The molecule has 30 heavy (non-hydrogen) atoms. The van der Waals surface area contributed by atoms with E-state index in [4.69, 9.17) is 9.47 Å². The van der Waals surface area contributed by atoms with Crippen LogP contribution in [0.5, 0.6) is 0 Å². The minimum Gasteiger partial charge on any atom is -0.462 e. The number of allylic oxidation sites excluding steroid dienone is 3. The number of aliphatic hydroxyl groups excluding tert-OH is 1. The van der Waals surface area contributed by atoms with Gasteiger partial charge < -0.3 is 14.6 Å². The van der Waals surface area contributed by atoms with Gasteiger partial charge in [-0.2, -0.15) is 0 Å². The molecule has 5 heteroatoms. The molecule has 1 N–H and O–H groups in total. The summed E-state index contributed by atoms with van der Waals surface area (Å²) in [6, 6.07) is 0. The highest BCUT2D eigenvalue weighted by atomic mass is 16.6. The first-order chi connectivity index (χ1) is 14.1. The van der Waals surface area contributed by atoms with Crippen LogP contribution >= 0.6 is 0 Å². The Morgan fingerprint density at radius 2 is 2.07 bits per heavy atom. The van der Waals surface area contributed by atoms with E-state index in [0.717, 1.165) is 12.8 Å². The molecule has 0 aromatic carbocycles. The fourth-order valence-electron chi connectivity index (χ4n) is 4.58. The third-order valence-electron chi connectivity index (χ3n) is 6.82. The molecule has 0 amide bonds. The first-order valence-corrected chi connectivity index (χ1v) is 11.3. The second-order valence-corrected chi connectivity index (χ2v) is 9.83. The van der Waals surface area contributed by atoms with Crippen molar-refractivity contribution in [1.29, 1.82) is 0 Å². The molecule has 1 heterocycles. The van der Waals surface area contributed by atoms with Gasteiger partial charge in [0.2, 0.25) is 0 Å². The fourth-order valence-corrected chi connectivity index (χ4v) is 4.58. The van der Waals surface area contributed by atoms with Gasteiger partial charge in [0.25, 0.3) is 0 Å². The quantitative estimate of drug-likeness (QED) is 0.527. The Morgan fingerprint density at radius 1 is 1.33 bits per heavy atom. The van der Waals surface area contributed by atoms with Crippen LogP contribution in [0.15, 0.2) is 35.5 Å². The molecule has 6 atom stereocenters. The molecule has 166 valence electrons. The van der Waals surface area contributed by atoms with Crippen molar-refractivity contribution in [3.8, 4) is 0 Å². The van der Waals surface area contributed by atoms with E-state index >= 15 is 0 Å². The third kappa shape index (κ3) is 5.05. The predicted molar refractivity (Wildman–Crippen MR) is 115 cm³/mol.